The zero-order chi connectivity index (χ0) is 16.9. The van der Waals surface area contributed by atoms with Crippen LogP contribution < -0.4 is 5.32 Å². The first kappa shape index (κ1) is 17.6. The van der Waals surface area contributed by atoms with Crippen LogP contribution in [0.4, 0.5) is 13.2 Å². The van der Waals surface area contributed by atoms with E-state index in [-0.39, 0.29) is 12.1 Å². The summed E-state index contributed by atoms with van der Waals surface area (Å²) in [6, 6.07) is -0.188. The van der Waals surface area contributed by atoms with Crippen LogP contribution in [0.15, 0.2) is 18.7 Å². The van der Waals surface area contributed by atoms with Crippen molar-refractivity contribution in [1.29, 1.82) is 0 Å². The molecule has 1 heterocycles. The van der Waals surface area contributed by atoms with Gasteiger partial charge in [0.15, 0.2) is 0 Å². The van der Waals surface area contributed by atoms with Crippen LogP contribution in [0.25, 0.3) is 0 Å². The Labute approximate surface area is 124 Å². The van der Waals surface area contributed by atoms with Crippen LogP contribution >= 0.6 is 0 Å². The molecule has 1 aromatic rings. The van der Waals surface area contributed by atoms with E-state index in [1.165, 1.54) is 13.0 Å². The van der Waals surface area contributed by atoms with Crippen molar-refractivity contribution in [2.75, 3.05) is 0 Å². The number of aromatic nitrogens is 2. The quantitative estimate of drug-likeness (QED) is 0.782. The van der Waals surface area contributed by atoms with Gasteiger partial charge >= 0.3 is 12.1 Å². The Hall–Kier alpha value is -2.45. The number of carbonyl (C=O) groups is 2. The van der Waals surface area contributed by atoms with Crippen LogP contribution in [0.1, 0.15) is 34.8 Å². The zero-order valence-corrected chi connectivity index (χ0v) is 11.6. The van der Waals surface area contributed by atoms with Crippen LogP contribution in [0.5, 0.6) is 0 Å². The fourth-order valence-electron chi connectivity index (χ4n) is 1.59. The van der Waals surface area contributed by atoms with Gasteiger partial charge in [-0.3, -0.25) is 4.79 Å². The topological polar surface area (TPSA) is 92.2 Å². The molecule has 0 aliphatic carbocycles. The molecular weight excluding hydrogens is 303 g/mol. The van der Waals surface area contributed by atoms with E-state index in [1.54, 1.807) is 0 Å². The fourth-order valence-corrected chi connectivity index (χ4v) is 1.59. The summed E-state index contributed by atoms with van der Waals surface area (Å²) < 4.78 is 37.8. The fraction of sp³-hybridized carbons (Fsp3) is 0.385. The van der Waals surface area contributed by atoms with E-state index in [0.29, 0.717) is 6.42 Å². The number of halogens is 3. The number of allylic oxidation sites excluding steroid dienone is 1. The number of aliphatic carboxylic acids is 1. The van der Waals surface area contributed by atoms with Gasteiger partial charge in [-0.15, -0.1) is 6.58 Å². The first-order valence-corrected chi connectivity index (χ1v) is 6.22. The molecule has 0 saturated heterocycles. The van der Waals surface area contributed by atoms with Gasteiger partial charge in [0.2, 0.25) is 5.82 Å². The van der Waals surface area contributed by atoms with Crippen LogP contribution in [0, 0.1) is 6.92 Å². The molecule has 1 atom stereocenters. The van der Waals surface area contributed by atoms with Gasteiger partial charge in [-0.25, -0.2) is 14.8 Å². The molecule has 9 heteroatoms. The summed E-state index contributed by atoms with van der Waals surface area (Å²) in [6.45, 7) is 4.71. The van der Waals surface area contributed by atoms with E-state index in [0.717, 1.165) is 6.07 Å². The molecule has 1 aromatic heterocycles. The van der Waals surface area contributed by atoms with E-state index in [4.69, 9.17) is 5.11 Å². The van der Waals surface area contributed by atoms with Gasteiger partial charge in [0, 0.05) is 5.69 Å². The number of nitrogens with zero attached hydrogens (tertiary/aromatic N) is 2. The lowest BCUT2D eigenvalue weighted by atomic mass is 10.1. The summed E-state index contributed by atoms with van der Waals surface area (Å²) in [5.74, 6) is -3.75. The van der Waals surface area contributed by atoms with Gasteiger partial charge in [-0.05, 0) is 25.8 Å². The number of hydrogen-bond acceptors (Lipinski definition) is 4. The van der Waals surface area contributed by atoms with Gasteiger partial charge < -0.3 is 10.4 Å². The average Bonchev–Trinajstić information content (AvgIpc) is 2.41. The maximum atomic E-state index is 12.6. The van der Waals surface area contributed by atoms with Gasteiger partial charge in [0.1, 0.15) is 11.7 Å². The summed E-state index contributed by atoms with van der Waals surface area (Å²) in [4.78, 5) is 29.2. The SMILES string of the molecule is C=CCCC(NC(=O)c1cc(C)nc(C(F)(F)F)n1)C(=O)O. The smallest absolute Gasteiger partial charge is 0.451 e. The van der Waals surface area contributed by atoms with Crippen molar-refractivity contribution in [3.63, 3.8) is 0 Å². The number of aryl methyl sites for hydroxylation is 1. The highest BCUT2D eigenvalue weighted by atomic mass is 19.4. The van der Waals surface area contributed by atoms with Gasteiger partial charge in [0.25, 0.3) is 5.91 Å². The number of carbonyl (C=O) groups excluding carboxylic acids is 1. The minimum atomic E-state index is -4.80. The normalized spacial score (nSPS) is 12.5. The number of carboxylic acid groups (broad SMARTS) is 1. The van der Waals surface area contributed by atoms with E-state index < -0.39 is 35.6 Å². The molecule has 1 rings (SSSR count). The van der Waals surface area contributed by atoms with Crippen molar-refractivity contribution in [3.8, 4) is 0 Å². The predicted molar refractivity (Wildman–Crippen MR) is 70.1 cm³/mol. The highest BCUT2D eigenvalue weighted by Crippen LogP contribution is 2.26. The molecule has 0 bridgehead atoms. The first-order valence-electron chi connectivity index (χ1n) is 6.22. The monoisotopic (exact) mass is 317 g/mol. The second kappa shape index (κ2) is 7.01. The summed E-state index contributed by atoms with van der Waals surface area (Å²) in [6.07, 6.45) is -2.93. The highest BCUT2D eigenvalue weighted by Gasteiger charge is 2.35. The molecule has 0 fully saturated rings. The number of hydrogen-bond donors (Lipinski definition) is 2. The van der Waals surface area contributed by atoms with Gasteiger partial charge in [-0.2, -0.15) is 13.2 Å². The lowest BCUT2D eigenvalue weighted by molar-refractivity contribution is -0.145. The molecule has 2 N–H and O–H groups in total. The summed E-state index contributed by atoms with van der Waals surface area (Å²) in [5.41, 5.74) is -0.588. The van der Waals surface area contributed by atoms with Crippen LogP contribution in [-0.2, 0) is 11.0 Å². The van der Waals surface area contributed by atoms with Gasteiger partial charge in [-0.1, -0.05) is 6.08 Å². The van der Waals surface area contributed by atoms with Crippen LogP contribution in [-0.4, -0.2) is 33.0 Å². The van der Waals surface area contributed by atoms with Crippen molar-refractivity contribution in [2.45, 2.75) is 32.0 Å². The molecular formula is C13H14F3N3O3. The predicted octanol–water partition coefficient (Wildman–Crippen LogP) is 1.95. The second-order valence-electron chi connectivity index (χ2n) is 4.45. The number of nitrogens with one attached hydrogen (secondary N) is 1. The molecule has 0 aromatic carbocycles. The van der Waals surface area contributed by atoms with E-state index in [2.05, 4.69) is 21.9 Å². The van der Waals surface area contributed by atoms with E-state index >= 15 is 0 Å². The Balaban J connectivity index is 2.99. The van der Waals surface area contributed by atoms with Crippen molar-refractivity contribution in [3.05, 3.63) is 35.9 Å². The molecule has 0 aliphatic heterocycles. The zero-order valence-electron chi connectivity index (χ0n) is 11.6. The largest absolute Gasteiger partial charge is 0.480 e. The number of amides is 1. The van der Waals surface area contributed by atoms with Gasteiger partial charge in [0.05, 0.1) is 0 Å². The van der Waals surface area contributed by atoms with Crippen LogP contribution in [0.3, 0.4) is 0 Å². The Morgan fingerprint density at radius 2 is 2.09 bits per heavy atom. The summed E-state index contributed by atoms with van der Waals surface area (Å²) in [5, 5.41) is 11.1. The molecule has 22 heavy (non-hydrogen) atoms. The van der Waals surface area contributed by atoms with Crippen molar-refractivity contribution >= 4 is 11.9 Å². The third-order valence-corrected chi connectivity index (χ3v) is 2.60. The number of rotatable bonds is 6. The summed E-state index contributed by atoms with van der Waals surface area (Å²) in [7, 11) is 0. The molecule has 6 nitrogen and oxygen atoms in total. The van der Waals surface area contributed by atoms with E-state index in [1.807, 2.05) is 0 Å². The molecule has 0 saturated carbocycles. The van der Waals surface area contributed by atoms with Crippen LogP contribution in [0.2, 0.25) is 0 Å². The second-order valence-corrected chi connectivity index (χ2v) is 4.45. The van der Waals surface area contributed by atoms with Crippen molar-refractivity contribution < 1.29 is 27.9 Å². The Kier molecular flexibility index (Phi) is 5.61. The van der Waals surface area contributed by atoms with Crippen molar-refractivity contribution in [1.82, 2.24) is 15.3 Å². The molecule has 1 unspecified atom stereocenters. The molecule has 0 spiro atoms. The molecule has 0 radical (unpaired) electrons. The third kappa shape index (κ3) is 4.83. The average molecular weight is 317 g/mol. The Morgan fingerprint density at radius 1 is 1.45 bits per heavy atom. The molecule has 120 valence electrons. The summed E-state index contributed by atoms with van der Waals surface area (Å²) >= 11 is 0. The molecule has 1 amide bonds. The lowest BCUT2D eigenvalue weighted by Crippen LogP contribution is -2.41. The lowest BCUT2D eigenvalue weighted by Gasteiger charge is -2.14. The number of alkyl halides is 3. The number of carboxylic acids is 1. The Morgan fingerprint density at radius 3 is 2.59 bits per heavy atom. The van der Waals surface area contributed by atoms with Crippen molar-refractivity contribution in [2.24, 2.45) is 0 Å². The maximum Gasteiger partial charge on any atom is 0.451 e. The third-order valence-electron chi connectivity index (χ3n) is 2.60. The minimum absolute atomic E-state index is 0.0505. The maximum absolute atomic E-state index is 12.6. The minimum Gasteiger partial charge on any atom is -0.480 e. The molecule has 0 aliphatic rings. The highest BCUT2D eigenvalue weighted by molar-refractivity contribution is 5.95. The van der Waals surface area contributed by atoms with E-state index in [9.17, 15) is 22.8 Å². The first-order chi connectivity index (χ1) is 10.1. The standard InChI is InChI=1S/C13H14F3N3O3/c1-3-4-5-8(11(21)22)18-10(20)9-6-7(2)17-12(19-9)13(14,15)16/h3,6,8H,1,4-5H2,2H3,(H,18,20)(H,21,22). The Bertz CT molecular complexity index is 588.